The fourth-order valence-corrected chi connectivity index (χ4v) is 1.29. The molecule has 0 fully saturated rings. The van der Waals surface area contributed by atoms with Crippen molar-refractivity contribution in [3.8, 4) is 0 Å². The van der Waals surface area contributed by atoms with Crippen molar-refractivity contribution in [3.63, 3.8) is 0 Å². The van der Waals surface area contributed by atoms with E-state index in [-0.39, 0.29) is 12.3 Å². The molecular formula is C13H16N2O6. The third-order valence-corrected chi connectivity index (χ3v) is 2.12. The highest BCUT2D eigenvalue weighted by Gasteiger charge is 2.18. The van der Waals surface area contributed by atoms with E-state index in [1.165, 1.54) is 24.3 Å². The molecule has 0 atom stereocenters. The van der Waals surface area contributed by atoms with Gasteiger partial charge in [0.05, 0.1) is 4.92 Å². The number of nitro groups is 1. The number of carbonyl (C=O) groups excluding carboxylic acids is 2. The molecule has 0 heterocycles. The van der Waals surface area contributed by atoms with E-state index in [2.05, 4.69) is 0 Å². The van der Waals surface area contributed by atoms with Gasteiger partial charge in [-0.1, -0.05) is 0 Å². The monoisotopic (exact) mass is 296 g/mol. The average Bonchev–Trinajstić information content (AvgIpc) is 2.34. The van der Waals surface area contributed by atoms with Gasteiger partial charge in [0.25, 0.3) is 5.69 Å². The molecule has 0 aromatic heterocycles. The third-order valence-electron chi connectivity index (χ3n) is 2.12. The quantitative estimate of drug-likeness (QED) is 0.678. The zero-order valence-electron chi connectivity index (χ0n) is 11.9. The maximum absolute atomic E-state index is 11.3. The SMILES string of the molecule is CC(C)(C)OC(=O)NC(=O)OCc1ccc([N+](=O)[O-])cc1. The Morgan fingerprint density at radius 3 is 2.24 bits per heavy atom. The first-order chi connectivity index (χ1) is 9.67. The number of benzene rings is 1. The second-order valence-corrected chi connectivity index (χ2v) is 5.13. The summed E-state index contributed by atoms with van der Waals surface area (Å²) in [6.45, 7) is 4.87. The zero-order chi connectivity index (χ0) is 16.0. The van der Waals surface area contributed by atoms with Crippen molar-refractivity contribution in [3.05, 3.63) is 39.9 Å². The summed E-state index contributed by atoms with van der Waals surface area (Å²) in [5.74, 6) is 0. The van der Waals surface area contributed by atoms with Crippen LogP contribution in [0.1, 0.15) is 26.3 Å². The Balaban J connectivity index is 2.42. The number of nitrogens with zero attached hydrogens (tertiary/aromatic N) is 1. The fourth-order valence-electron chi connectivity index (χ4n) is 1.29. The molecule has 2 amide bonds. The van der Waals surface area contributed by atoms with Crippen LogP contribution in [0.15, 0.2) is 24.3 Å². The standard InChI is InChI=1S/C13H16N2O6/c1-13(2,3)21-12(17)14-11(16)20-8-9-4-6-10(7-5-9)15(18)19/h4-7H,8H2,1-3H3,(H,14,16,17). The van der Waals surface area contributed by atoms with E-state index in [0.717, 1.165) is 0 Å². The molecule has 1 N–H and O–H groups in total. The minimum atomic E-state index is -0.956. The molecule has 0 unspecified atom stereocenters. The van der Waals surface area contributed by atoms with Crippen LogP contribution in [0.25, 0.3) is 0 Å². The molecule has 1 aromatic carbocycles. The number of carbonyl (C=O) groups is 2. The van der Waals surface area contributed by atoms with Crippen LogP contribution >= 0.6 is 0 Å². The van der Waals surface area contributed by atoms with E-state index < -0.39 is 22.7 Å². The van der Waals surface area contributed by atoms with Gasteiger partial charge in [0.2, 0.25) is 0 Å². The van der Waals surface area contributed by atoms with Crippen molar-refractivity contribution in [2.75, 3.05) is 0 Å². The summed E-state index contributed by atoms with van der Waals surface area (Å²) in [5.41, 5.74) is -0.222. The average molecular weight is 296 g/mol. The van der Waals surface area contributed by atoms with Crippen LogP contribution in [-0.2, 0) is 16.1 Å². The Labute approximate surface area is 121 Å². The Morgan fingerprint density at radius 2 is 1.76 bits per heavy atom. The van der Waals surface area contributed by atoms with Gasteiger partial charge >= 0.3 is 12.2 Å². The van der Waals surface area contributed by atoms with Crippen LogP contribution in [0.2, 0.25) is 0 Å². The molecule has 21 heavy (non-hydrogen) atoms. The maximum Gasteiger partial charge on any atom is 0.417 e. The fraction of sp³-hybridized carbons (Fsp3) is 0.385. The lowest BCUT2D eigenvalue weighted by atomic mass is 10.2. The predicted octanol–water partition coefficient (Wildman–Crippen LogP) is 2.76. The minimum Gasteiger partial charge on any atom is -0.444 e. The van der Waals surface area contributed by atoms with Gasteiger partial charge in [0, 0.05) is 12.1 Å². The van der Waals surface area contributed by atoms with Gasteiger partial charge in [-0.15, -0.1) is 0 Å². The zero-order valence-corrected chi connectivity index (χ0v) is 11.9. The van der Waals surface area contributed by atoms with Gasteiger partial charge in [0.15, 0.2) is 0 Å². The Kier molecular flexibility index (Phi) is 5.23. The number of rotatable bonds is 3. The Bertz CT molecular complexity index is 533. The van der Waals surface area contributed by atoms with Crippen molar-refractivity contribution in [1.82, 2.24) is 5.32 Å². The van der Waals surface area contributed by atoms with Gasteiger partial charge in [-0.05, 0) is 38.5 Å². The molecule has 0 spiro atoms. The Morgan fingerprint density at radius 1 is 1.19 bits per heavy atom. The molecule has 0 saturated heterocycles. The first-order valence-electron chi connectivity index (χ1n) is 6.07. The van der Waals surface area contributed by atoms with Crippen LogP contribution in [0, 0.1) is 10.1 Å². The van der Waals surface area contributed by atoms with Gasteiger partial charge in [-0.25, -0.2) is 14.9 Å². The first kappa shape index (κ1) is 16.4. The number of imide groups is 1. The van der Waals surface area contributed by atoms with Crippen LogP contribution in [0.3, 0.4) is 0 Å². The van der Waals surface area contributed by atoms with Crippen LogP contribution < -0.4 is 5.32 Å². The number of ether oxygens (including phenoxy) is 2. The summed E-state index contributed by atoms with van der Waals surface area (Å²) in [7, 11) is 0. The maximum atomic E-state index is 11.3. The summed E-state index contributed by atoms with van der Waals surface area (Å²) < 4.78 is 9.67. The van der Waals surface area contributed by atoms with E-state index in [1.54, 1.807) is 20.8 Å². The molecule has 1 rings (SSSR count). The number of nitro benzene ring substituents is 1. The summed E-state index contributed by atoms with van der Waals surface area (Å²) in [5, 5.41) is 12.4. The summed E-state index contributed by atoms with van der Waals surface area (Å²) >= 11 is 0. The van der Waals surface area contributed by atoms with E-state index >= 15 is 0 Å². The predicted molar refractivity (Wildman–Crippen MR) is 72.7 cm³/mol. The molecule has 0 saturated carbocycles. The molecule has 0 aliphatic rings. The van der Waals surface area contributed by atoms with Crippen LogP contribution in [0.5, 0.6) is 0 Å². The van der Waals surface area contributed by atoms with E-state index in [4.69, 9.17) is 9.47 Å². The molecule has 0 aliphatic heterocycles. The first-order valence-corrected chi connectivity index (χ1v) is 6.07. The number of hydrogen-bond donors (Lipinski definition) is 1. The third kappa shape index (κ3) is 6.37. The van der Waals surface area contributed by atoms with Crippen molar-refractivity contribution < 1.29 is 24.0 Å². The van der Waals surface area contributed by atoms with Crippen molar-refractivity contribution in [1.29, 1.82) is 0 Å². The Hall–Kier alpha value is -2.64. The summed E-state index contributed by atoms with van der Waals surface area (Å²) in [6, 6.07) is 5.51. The van der Waals surface area contributed by atoms with Crippen molar-refractivity contribution in [2.24, 2.45) is 0 Å². The lowest BCUT2D eigenvalue weighted by Gasteiger charge is -2.19. The largest absolute Gasteiger partial charge is 0.444 e. The molecule has 8 nitrogen and oxygen atoms in total. The van der Waals surface area contributed by atoms with Gasteiger partial charge in [-0.3, -0.25) is 10.1 Å². The molecule has 0 bridgehead atoms. The highest BCUT2D eigenvalue weighted by Crippen LogP contribution is 2.12. The van der Waals surface area contributed by atoms with Gasteiger partial charge in [0.1, 0.15) is 12.2 Å². The smallest absolute Gasteiger partial charge is 0.417 e. The number of nitrogens with one attached hydrogen (secondary N) is 1. The van der Waals surface area contributed by atoms with E-state index in [0.29, 0.717) is 5.56 Å². The number of alkyl carbamates (subject to hydrolysis) is 2. The molecular weight excluding hydrogens is 280 g/mol. The molecule has 8 heteroatoms. The lowest BCUT2D eigenvalue weighted by Crippen LogP contribution is -2.36. The number of hydrogen-bond acceptors (Lipinski definition) is 6. The molecule has 0 radical (unpaired) electrons. The topological polar surface area (TPSA) is 108 Å². The summed E-state index contributed by atoms with van der Waals surface area (Å²) in [6.07, 6.45) is -1.86. The molecule has 114 valence electrons. The second-order valence-electron chi connectivity index (χ2n) is 5.13. The number of amides is 2. The van der Waals surface area contributed by atoms with Gasteiger partial charge in [-0.2, -0.15) is 0 Å². The van der Waals surface area contributed by atoms with Crippen LogP contribution in [-0.4, -0.2) is 22.7 Å². The van der Waals surface area contributed by atoms with Gasteiger partial charge < -0.3 is 9.47 Å². The highest BCUT2D eigenvalue weighted by atomic mass is 16.6. The molecule has 0 aliphatic carbocycles. The molecule has 1 aromatic rings. The lowest BCUT2D eigenvalue weighted by molar-refractivity contribution is -0.384. The minimum absolute atomic E-state index is 0.0584. The van der Waals surface area contributed by atoms with Crippen molar-refractivity contribution >= 4 is 17.9 Å². The normalized spacial score (nSPS) is 10.6. The van der Waals surface area contributed by atoms with E-state index in [9.17, 15) is 19.7 Å². The second kappa shape index (κ2) is 6.69. The summed E-state index contributed by atoms with van der Waals surface area (Å²) in [4.78, 5) is 32.6. The van der Waals surface area contributed by atoms with Crippen LogP contribution in [0.4, 0.5) is 15.3 Å². The van der Waals surface area contributed by atoms with Crippen molar-refractivity contribution in [2.45, 2.75) is 33.0 Å². The van der Waals surface area contributed by atoms with E-state index in [1.807, 2.05) is 5.32 Å². The number of non-ortho nitro benzene ring substituents is 1. The highest BCUT2D eigenvalue weighted by molar-refractivity contribution is 5.87.